The lowest BCUT2D eigenvalue weighted by molar-refractivity contribution is -0.128. The Morgan fingerprint density at radius 2 is 1.82 bits per heavy atom. The van der Waals surface area contributed by atoms with Gasteiger partial charge in [0.05, 0.1) is 0 Å². The molecule has 2 aliphatic rings. The Morgan fingerprint density at radius 1 is 1.06 bits per heavy atom. The second-order valence-corrected chi connectivity index (χ2v) is 9.55. The topological polar surface area (TPSA) is 87.3 Å². The van der Waals surface area contributed by atoms with E-state index < -0.39 is 6.04 Å². The second kappa shape index (κ2) is 13.2. The van der Waals surface area contributed by atoms with Gasteiger partial charge in [0.2, 0.25) is 17.7 Å². The highest BCUT2D eigenvalue weighted by Crippen LogP contribution is 2.27. The summed E-state index contributed by atoms with van der Waals surface area (Å²) in [4.78, 5) is 38.0. The van der Waals surface area contributed by atoms with Crippen molar-refractivity contribution in [3.05, 3.63) is 42.0 Å². The van der Waals surface area contributed by atoms with E-state index in [1.807, 2.05) is 30.3 Å². The Morgan fingerprint density at radius 3 is 2.48 bits per heavy atom. The van der Waals surface area contributed by atoms with Gasteiger partial charge in [-0.2, -0.15) is 0 Å². The van der Waals surface area contributed by atoms with Gasteiger partial charge in [-0.25, -0.2) is 0 Å². The molecule has 180 valence electrons. The molecule has 0 radical (unpaired) electrons. The van der Waals surface area contributed by atoms with Gasteiger partial charge in [0.1, 0.15) is 6.04 Å². The number of benzene rings is 1. The number of carbonyl (C=O) groups excluding carboxylic acids is 3. The molecule has 1 aromatic rings. The van der Waals surface area contributed by atoms with Crippen LogP contribution in [0.3, 0.4) is 0 Å². The maximum absolute atomic E-state index is 13.3. The highest BCUT2D eigenvalue weighted by molar-refractivity contribution is 5.95. The van der Waals surface area contributed by atoms with Crippen LogP contribution in [-0.2, 0) is 14.4 Å². The largest absolute Gasteiger partial charge is 0.356 e. The normalized spacial score (nSPS) is 20.9. The van der Waals surface area contributed by atoms with Crippen LogP contribution in [0.4, 0.5) is 0 Å². The number of rotatable bonds is 11. The van der Waals surface area contributed by atoms with E-state index in [0.29, 0.717) is 25.3 Å². The van der Waals surface area contributed by atoms with Crippen molar-refractivity contribution >= 4 is 23.8 Å². The molecule has 1 saturated heterocycles. The predicted molar refractivity (Wildman–Crippen MR) is 131 cm³/mol. The van der Waals surface area contributed by atoms with Gasteiger partial charge >= 0.3 is 0 Å². The average molecular weight is 454 g/mol. The van der Waals surface area contributed by atoms with Crippen molar-refractivity contribution in [2.24, 2.45) is 11.8 Å². The van der Waals surface area contributed by atoms with Crippen LogP contribution in [0.5, 0.6) is 0 Å². The molecule has 1 aliphatic heterocycles. The third-order valence-corrected chi connectivity index (χ3v) is 6.87. The first-order chi connectivity index (χ1) is 16.0. The standard InChI is InChI=1S/C27H39N3O3/c1-2-9-23(19-22-16-17-28-26(22)32)29-27(33)24(18-21-12-7-4-8-13-21)30-25(31)15-14-20-10-5-3-6-11-20/h3,5-6,10-11,14-15,21-24H,2,4,7-9,12-13,16-19H2,1H3,(H,28,32)(H,29,33)(H,30,31)/t22-,23-,24-/m0/s1. The van der Waals surface area contributed by atoms with E-state index in [2.05, 4.69) is 22.9 Å². The summed E-state index contributed by atoms with van der Waals surface area (Å²) < 4.78 is 0. The minimum atomic E-state index is -0.558. The second-order valence-electron chi connectivity index (χ2n) is 9.55. The Labute approximate surface area is 198 Å². The zero-order chi connectivity index (χ0) is 23.5. The highest BCUT2D eigenvalue weighted by Gasteiger charge is 2.30. The molecule has 1 aliphatic carbocycles. The first kappa shape index (κ1) is 25.0. The van der Waals surface area contributed by atoms with Crippen LogP contribution in [0.15, 0.2) is 36.4 Å². The molecule has 0 aromatic heterocycles. The lowest BCUT2D eigenvalue weighted by atomic mass is 9.84. The van der Waals surface area contributed by atoms with Crippen molar-refractivity contribution in [1.82, 2.24) is 16.0 Å². The molecule has 0 bridgehead atoms. The molecule has 1 saturated carbocycles. The third-order valence-electron chi connectivity index (χ3n) is 6.87. The van der Waals surface area contributed by atoms with E-state index in [9.17, 15) is 14.4 Å². The van der Waals surface area contributed by atoms with Crippen LogP contribution < -0.4 is 16.0 Å². The first-order valence-electron chi connectivity index (χ1n) is 12.7. The van der Waals surface area contributed by atoms with Crippen molar-refractivity contribution < 1.29 is 14.4 Å². The van der Waals surface area contributed by atoms with Crippen LogP contribution in [0.2, 0.25) is 0 Å². The van der Waals surface area contributed by atoms with Crippen LogP contribution in [-0.4, -0.2) is 36.3 Å². The summed E-state index contributed by atoms with van der Waals surface area (Å²) >= 11 is 0. The molecular weight excluding hydrogens is 414 g/mol. The number of amides is 3. The molecule has 3 atom stereocenters. The number of carbonyl (C=O) groups is 3. The van der Waals surface area contributed by atoms with Gasteiger partial charge in [0.25, 0.3) is 0 Å². The summed E-state index contributed by atoms with van der Waals surface area (Å²) in [5, 5.41) is 9.03. The average Bonchev–Trinajstić information content (AvgIpc) is 3.23. The van der Waals surface area contributed by atoms with E-state index in [0.717, 1.165) is 37.7 Å². The van der Waals surface area contributed by atoms with Crippen LogP contribution in [0, 0.1) is 11.8 Å². The van der Waals surface area contributed by atoms with Gasteiger partial charge in [-0.1, -0.05) is 75.8 Å². The maximum atomic E-state index is 13.3. The van der Waals surface area contributed by atoms with Gasteiger partial charge in [0, 0.05) is 24.6 Å². The SMILES string of the molecule is CCC[C@@H](C[C@@H]1CCNC1=O)NC(=O)[C@H](CC1CCCCC1)NC(=O)C=Cc1ccccc1. The van der Waals surface area contributed by atoms with Gasteiger partial charge in [-0.3, -0.25) is 14.4 Å². The molecule has 33 heavy (non-hydrogen) atoms. The molecule has 3 N–H and O–H groups in total. The van der Waals surface area contributed by atoms with Gasteiger partial charge in [0.15, 0.2) is 0 Å². The van der Waals surface area contributed by atoms with Crippen molar-refractivity contribution in [2.75, 3.05) is 6.54 Å². The van der Waals surface area contributed by atoms with E-state index in [4.69, 9.17) is 0 Å². The summed E-state index contributed by atoms with van der Waals surface area (Å²) in [6.07, 6.45) is 13.0. The summed E-state index contributed by atoms with van der Waals surface area (Å²) in [5.74, 6) is 0.125. The van der Waals surface area contributed by atoms with Crippen LogP contribution >= 0.6 is 0 Å². The molecule has 6 nitrogen and oxygen atoms in total. The molecule has 0 spiro atoms. The summed E-state index contributed by atoms with van der Waals surface area (Å²) in [5.41, 5.74) is 0.943. The third kappa shape index (κ3) is 8.34. The molecule has 1 heterocycles. The van der Waals surface area contributed by atoms with Crippen LogP contribution in [0.1, 0.15) is 76.7 Å². The predicted octanol–water partition coefficient (Wildman–Crippen LogP) is 3.97. The molecule has 3 rings (SSSR count). The Balaban J connectivity index is 1.64. The molecule has 3 amide bonds. The van der Waals surface area contributed by atoms with E-state index >= 15 is 0 Å². The van der Waals surface area contributed by atoms with Crippen molar-refractivity contribution in [2.45, 2.75) is 83.2 Å². The lowest BCUT2D eigenvalue weighted by Crippen LogP contribution is -2.50. The number of hydrogen-bond acceptors (Lipinski definition) is 3. The Bertz CT molecular complexity index is 802. The highest BCUT2D eigenvalue weighted by atomic mass is 16.2. The molecule has 6 heteroatoms. The zero-order valence-electron chi connectivity index (χ0n) is 19.9. The quantitative estimate of drug-likeness (QED) is 0.443. The molecule has 2 fully saturated rings. The van der Waals surface area contributed by atoms with Crippen molar-refractivity contribution in [3.63, 3.8) is 0 Å². The smallest absolute Gasteiger partial charge is 0.244 e. The summed E-state index contributed by atoms with van der Waals surface area (Å²) in [7, 11) is 0. The van der Waals surface area contributed by atoms with Crippen LogP contribution in [0.25, 0.3) is 6.08 Å². The lowest BCUT2D eigenvalue weighted by Gasteiger charge is -2.28. The van der Waals surface area contributed by atoms with Gasteiger partial charge in [-0.15, -0.1) is 0 Å². The molecular formula is C27H39N3O3. The van der Waals surface area contributed by atoms with Crippen molar-refractivity contribution in [3.8, 4) is 0 Å². The van der Waals surface area contributed by atoms with E-state index in [-0.39, 0.29) is 29.7 Å². The first-order valence-corrected chi connectivity index (χ1v) is 12.7. The zero-order valence-corrected chi connectivity index (χ0v) is 19.9. The number of nitrogens with one attached hydrogen (secondary N) is 3. The van der Waals surface area contributed by atoms with Crippen molar-refractivity contribution in [1.29, 1.82) is 0 Å². The summed E-state index contributed by atoms with van der Waals surface area (Å²) in [6, 6.07) is 9.05. The molecule has 0 unspecified atom stereocenters. The summed E-state index contributed by atoms with van der Waals surface area (Å²) in [6.45, 7) is 2.80. The van der Waals surface area contributed by atoms with Gasteiger partial charge < -0.3 is 16.0 Å². The maximum Gasteiger partial charge on any atom is 0.244 e. The fourth-order valence-electron chi connectivity index (χ4n) is 5.06. The van der Waals surface area contributed by atoms with Gasteiger partial charge in [-0.05, 0) is 43.2 Å². The fraction of sp³-hybridized carbons (Fsp3) is 0.593. The minimum absolute atomic E-state index is 0.0398. The molecule has 1 aromatic carbocycles. The number of hydrogen-bond donors (Lipinski definition) is 3. The minimum Gasteiger partial charge on any atom is -0.356 e. The monoisotopic (exact) mass is 453 g/mol. The Kier molecular flexibility index (Phi) is 9.98. The Hall–Kier alpha value is -2.63. The fourth-order valence-corrected chi connectivity index (χ4v) is 5.06. The van der Waals surface area contributed by atoms with E-state index in [1.54, 1.807) is 6.08 Å². The van der Waals surface area contributed by atoms with E-state index in [1.165, 1.54) is 25.3 Å².